The smallest absolute Gasteiger partial charge is 0.352 e. The van der Waals surface area contributed by atoms with Gasteiger partial charge in [-0.2, -0.15) is 0 Å². The van der Waals surface area contributed by atoms with Gasteiger partial charge in [-0.1, -0.05) is 26.2 Å². The Kier molecular flexibility index (Phi) is 6.42. The van der Waals surface area contributed by atoms with Gasteiger partial charge in [0.25, 0.3) is 0 Å². The highest BCUT2D eigenvalue weighted by atomic mass is 32.2. The number of carboxylic acid groups (broad SMARTS) is 1. The molecular formula is C14H24N2O4S. The van der Waals surface area contributed by atoms with Gasteiger partial charge in [0, 0.05) is 18.8 Å². The monoisotopic (exact) mass is 316 g/mol. The Balaban J connectivity index is 2.84. The summed E-state index contributed by atoms with van der Waals surface area (Å²) in [4.78, 5) is 11.2. The molecular weight excluding hydrogens is 292 g/mol. The van der Waals surface area contributed by atoms with E-state index < -0.39 is 16.0 Å². The Morgan fingerprint density at radius 2 is 2.00 bits per heavy atom. The van der Waals surface area contributed by atoms with Crippen LogP contribution in [0.25, 0.3) is 0 Å². The minimum absolute atomic E-state index is 0.00379. The molecule has 0 spiro atoms. The van der Waals surface area contributed by atoms with E-state index in [0.717, 1.165) is 25.7 Å². The van der Waals surface area contributed by atoms with Crippen molar-refractivity contribution >= 4 is 16.0 Å². The molecule has 0 aliphatic rings. The quantitative estimate of drug-likeness (QED) is 0.685. The summed E-state index contributed by atoms with van der Waals surface area (Å²) in [5, 5.41) is 9.13. The zero-order valence-electron chi connectivity index (χ0n) is 12.8. The Morgan fingerprint density at radius 1 is 1.33 bits per heavy atom. The second-order valence-corrected chi connectivity index (χ2v) is 7.09. The lowest BCUT2D eigenvalue weighted by molar-refractivity contribution is 0.0683. The van der Waals surface area contributed by atoms with Crippen molar-refractivity contribution in [3.8, 4) is 0 Å². The first-order chi connectivity index (χ1) is 9.79. The molecule has 0 atom stereocenters. The van der Waals surface area contributed by atoms with Crippen LogP contribution in [0.4, 0.5) is 0 Å². The molecule has 0 fully saturated rings. The number of hydrogen-bond donors (Lipinski definition) is 2. The van der Waals surface area contributed by atoms with Crippen LogP contribution in [0.2, 0.25) is 0 Å². The largest absolute Gasteiger partial charge is 0.477 e. The van der Waals surface area contributed by atoms with Crippen molar-refractivity contribution in [3.63, 3.8) is 0 Å². The van der Waals surface area contributed by atoms with Crippen LogP contribution in [0.5, 0.6) is 0 Å². The molecule has 0 saturated heterocycles. The highest BCUT2D eigenvalue weighted by Crippen LogP contribution is 2.19. The second kappa shape index (κ2) is 7.61. The summed E-state index contributed by atoms with van der Waals surface area (Å²) in [6, 6.07) is 1.08. The van der Waals surface area contributed by atoms with Gasteiger partial charge in [0.1, 0.15) is 10.6 Å². The molecule has 1 aromatic rings. The van der Waals surface area contributed by atoms with Gasteiger partial charge in [-0.05, 0) is 26.3 Å². The molecule has 120 valence electrons. The zero-order chi connectivity index (χ0) is 16.0. The maximum absolute atomic E-state index is 12.2. The SMILES string of the molecule is CCCCCCNS(=O)(=O)c1cc(C(=O)O)n(C(C)C)c1. The van der Waals surface area contributed by atoms with Crippen LogP contribution in [0.1, 0.15) is 63.0 Å². The number of nitrogens with one attached hydrogen (secondary N) is 1. The van der Waals surface area contributed by atoms with E-state index >= 15 is 0 Å². The highest BCUT2D eigenvalue weighted by Gasteiger charge is 2.21. The standard InChI is InChI=1S/C14H24N2O4S/c1-4-5-6-7-8-15-21(19,20)12-9-13(14(17)18)16(10-12)11(2)3/h9-11,15H,4-8H2,1-3H3,(H,17,18). The van der Waals surface area contributed by atoms with Crippen LogP contribution in [0, 0.1) is 0 Å². The van der Waals surface area contributed by atoms with Crippen molar-refractivity contribution < 1.29 is 18.3 Å². The Bertz CT molecular complexity index is 576. The number of aromatic carboxylic acids is 1. The molecule has 0 unspecified atom stereocenters. The molecule has 0 amide bonds. The Hall–Kier alpha value is -1.34. The highest BCUT2D eigenvalue weighted by molar-refractivity contribution is 7.89. The summed E-state index contributed by atoms with van der Waals surface area (Å²) in [7, 11) is -3.65. The van der Waals surface area contributed by atoms with Crippen LogP contribution in [0.3, 0.4) is 0 Å². The van der Waals surface area contributed by atoms with E-state index in [1.165, 1.54) is 16.8 Å². The number of aromatic nitrogens is 1. The average molecular weight is 316 g/mol. The van der Waals surface area contributed by atoms with E-state index in [2.05, 4.69) is 11.6 Å². The molecule has 1 rings (SSSR count). The van der Waals surface area contributed by atoms with Gasteiger partial charge in [-0.25, -0.2) is 17.9 Å². The third-order valence-electron chi connectivity index (χ3n) is 3.23. The molecule has 0 radical (unpaired) electrons. The van der Waals surface area contributed by atoms with Crippen molar-refractivity contribution in [3.05, 3.63) is 18.0 Å². The fourth-order valence-electron chi connectivity index (χ4n) is 2.04. The Morgan fingerprint density at radius 3 is 2.48 bits per heavy atom. The Labute approximate surface area is 126 Å². The van der Waals surface area contributed by atoms with Crippen LogP contribution in [0.15, 0.2) is 17.2 Å². The van der Waals surface area contributed by atoms with E-state index in [9.17, 15) is 13.2 Å². The van der Waals surface area contributed by atoms with Gasteiger partial charge in [0.05, 0.1) is 0 Å². The van der Waals surface area contributed by atoms with Gasteiger partial charge in [0.15, 0.2) is 0 Å². The normalized spacial score (nSPS) is 12.0. The molecule has 0 bridgehead atoms. The number of rotatable bonds is 9. The summed E-state index contributed by atoms with van der Waals surface area (Å²) in [5.41, 5.74) is -0.0173. The minimum atomic E-state index is -3.65. The molecule has 0 aliphatic heterocycles. The predicted octanol–water partition coefficient (Wildman–Crippen LogP) is 2.63. The van der Waals surface area contributed by atoms with Gasteiger partial charge >= 0.3 is 5.97 Å². The molecule has 6 nitrogen and oxygen atoms in total. The molecule has 2 N–H and O–H groups in total. The average Bonchev–Trinajstić information content (AvgIpc) is 2.84. The van der Waals surface area contributed by atoms with Gasteiger partial charge in [-0.15, -0.1) is 0 Å². The van der Waals surface area contributed by atoms with Crippen LogP contribution in [-0.2, 0) is 10.0 Å². The summed E-state index contributed by atoms with van der Waals surface area (Å²) in [5.74, 6) is -1.13. The van der Waals surface area contributed by atoms with E-state index in [-0.39, 0.29) is 16.6 Å². The first kappa shape index (κ1) is 17.7. The number of sulfonamides is 1. The van der Waals surface area contributed by atoms with Crippen molar-refractivity contribution in [1.82, 2.24) is 9.29 Å². The molecule has 21 heavy (non-hydrogen) atoms. The first-order valence-corrected chi connectivity index (χ1v) is 8.72. The van der Waals surface area contributed by atoms with Crippen LogP contribution < -0.4 is 4.72 Å². The molecule has 7 heteroatoms. The fraction of sp³-hybridized carbons (Fsp3) is 0.643. The van der Waals surface area contributed by atoms with Crippen molar-refractivity contribution in [2.45, 2.75) is 57.4 Å². The summed E-state index contributed by atoms with van der Waals surface area (Å²) in [6.45, 7) is 6.08. The van der Waals surface area contributed by atoms with E-state index in [1.807, 2.05) is 0 Å². The van der Waals surface area contributed by atoms with Crippen LogP contribution >= 0.6 is 0 Å². The molecule has 0 aromatic carbocycles. The number of carbonyl (C=O) groups is 1. The fourth-order valence-corrected chi connectivity index (χ4v) is 3.14. The molecule has 0 saturated carbocycles. The molecule has 0 aliphatic carbocycles. The minimum Gasteiger partial charge on any atom is -0.477 e. The zero-order valence-corrected chi connectivity index (χ0v) is 13.6. The maximum Gasteiger partial charge on any atom is 0.352 e. The first-order valence-electron chi connectivity index (χ1n) is 7.24. The van der Waals surface area contributed by atoms with E-state index in [1.54, 1.807) is 13.8 Å². The summed E-state index contributed by atoms with van der Waals surface area (Å²) >= 11 is 0. The summed E-state index contributed by atoms with van der Waals surface area (Å²) in [6.07, 6.45) is 5.30. The lowest BCUT2D eigenvalue weighted by Gasteiger charge is -2.09. The predicted molar refractivity (Wildman–Crippen MR) is 81.1 cm³/mol. The number of hydrogen-bond acceptors (Lipinski definition) is 3. The van der Waals surface area contributed by atoms with Gasteiger partial charge in [0.2, 0.25) is 10.0 Å². The van der Waals surface area contributed by atoms with Crippen molar-refractivity contribution in [1.29, 1.82) is 0 Å². The second-order valence-electron chi connectivity index (χ2n) is 5.33. The van der Waals surface area contributed by atoms with Crippen molar-refractivity contribution in [2.75, 3.05) is 6.54 Å². The number of unbranched alkanes of at least 4 members (excludes halogenated alkanes) is 3. The summed E-state index contributed by atoms with van der Waals surface area (Å²) < 4.78 is 28.3. The topological polar surface area (TPSA) is 88.4 Å². The third-order valence-corrected chi connectivity index (χ3v) is 4.66. The van der Waals surface area contributed by atoms with Gasteiger partial charge < -0.3 is 9.67 Å². The lowest BCUT2D eigenvalue weighted by Crippen LogP contribution is -2.24. The van der Waals surface area contributed by atoms with Crippen LogP contribution in [-0.4, -0.2) is 30.6 Å². The van der Waals surface area contributed by atoms with Crippen molar-refractivity contribution in [2.24, 2.45) is 0 Å². The third kappa shape index (κ3) is 4.86. The number of nitrogens with zero attached hydrogens (tertiary/aromatic N) is 1. The molecule has 1 heterocycles. The van der Waals surface area contributed by atoms with Gasteiger partial charge in [-0.3, -0.25) is 0 Å². The lowest BCUT2D eigenvalue weighted by atomic mass is 10.2. The maximum atomic E-state index is 12.2. The molecule has 1 aromatic heterocycles. The van der Waals surface area contributed by atoms with E-state index in [4.69, 9.17) is 5.11 Å². The number of carboxylic acids is 1. The van der Waals surface area contributed by atoms with E-state index in [0.29, 0.717) is 6.54 Å².